The third kappa shape index (κ3) is 5.83. The van der Waals surface area contributed by atoms with E-state index in [-0.39, 0.29) is 25.6 Å². The fraction of sp³-hybridized carbons (Fsp3) is 0.231. The molecule has 1 unspecified atom stereocenters. The maximum absolute atomic E-state index is 14.1. The molecule has 0 fully saturated rings. The lowest BCUT2D eigenvalue weighted by Gasteiger charge is -2.29. The van der Waals surface area contributed by atoms with Gasteiger partial charge in [-0.05, 0) is 54.4 Å². The van der Waals surface area contributed by atoms with Gasteiger partial charge in [-0.15, -0.1) is 6.42 Å². The number of ether oxygens (including phenoxy) is 3. The van der Waals surface area contributed by atoms with Crippen molar-refractivity contribution in [2.45, 2.75) is 25.4 Å². The van der Waals surface area contributed by atoms with E-state index in [0.29, 0.717) is 22.6 Å². The van der Waals surface area contributed by atoms with Gasteiger partial charge in [0.15, 0.2) is 11.6 Å². The van der Waals surface area contributed by atoms with Crippen molar-refractivity contribution >= 4 is 0 Å². The van der Waals surface area contributed by atoms with E-state index in [0.717, 1.165) is 0 Å². The quantitative estimate of drug-likeness (QED) is 0.343. The Kier molecular flexibility index (Phi) is 7.80. The molecule has 166 valence electrons. The molecule has 0 aromatic heterocycles. The molecule has 0 aliphatic heterocycles. The molecule has 0 saturated carbocycles. The first-order chi connectivity index (χ1) is 15.4. The summed E-state index contributed by atoms with van der Waals surface area (Å²) < 4.78 is 58.5. The van der Waals surface area contributed by atoms with E-state index in [2.05, 4.69) is 5.92 Å². The Morgan fingerprint density at radius 1 is 0.969 bits per heavy atom. The first-order valence-electron chi connectivity index (χ1n) is 9.96. The summed E-state index contributed by atoms with van der Waals surface area (Å²) in [6.07, 6.45) is 2.49. The van der Waals surface area contributed by atoms with Crippen LogP contribution >= 0.6 is 0 Å². The van der Waals surface area contributed by atoms with Crippen LogP contribution in [0.5, 0.6) is 17.2 Å². The molecule has 6 heteroatoms. The summed E-state index contributed by atoms with van der Waals surface area (Å²) in [6, 6.07) is 19.4. The summed E-state index contributed by atoms with van der Waals surface area (Å²) in [5.74, 6) is 2.85. The van der Waals surface area contributed by atoms with Crippen molar-refractivity contribution in [1.82, 2.24) is 0 Å². The average molecular weight is 440 g/mol. The predicted molar refractivity (Wildman–Crippen MR) is 117 cm³/mol. The van der Waals surface area contributed by atoms with E-state index in [9.17, 15) is 13.2 Å². The Labute approximate surface area is 185 Å². The summed E-state index contributed by atoms with van der Waals surface area (Å²) >= 11 is 0. The molecule has 0 radical (unpaired) electrons. The molecule has 3 aromatic carbocycles. The van der Waals surface area contributed by atoms with Gasteiger partial charge in [0.2, 0.25) is 6.43 Å². The normalized spacial score (nSPS) is 12.8. The van der Waals surface area contributed by atoms with E-state index >= 15 is 0 Å². The van der Waals surface area contributed by atoms with E-state index < -0.39 is 17.7 Å². The van der Waals surface area contributed by atoms with E-state index in [1.54, 1.807) is 48.5 Å². The lowest BCUT2D eigenvalue weighted by molar-refractivity contribution is -0.0128. The summed E-state index contributed by atoms with van der Waals surface area (Å²) in [4.78, 5) is 0. The highest BCUT2D eigenvalue weighted by molar-refractivity contribution is 5.35. The Hall–Kier alpha value is -3.43. The van der Waals surface area contributed by atoms with E-state index in [1.165, 1.54) is 25.1 Å². The van der Waals surface area contributed by atoms with Gasteiger partial charge >= 0.3 is 0 Å². The minimum atomic E-state index is -2.66. The summed E-state index contributed by atoms with van der Waals surface area (Å²) in [6.45, 7) is 1.32. The van der Waals surface area contributed by atoms with Gasteiger partial charge in [0.25, 0.3) is 0 Å². The Balaban J connectivity index is 1.66. The number of rotatable bonds is 10. The van der Waals surface area contributed by atoms with Gasteiger partial charge in [0.1, 0.15) is 18.1 Å². The summed E-state index contributed by atoms with van der Waals surface area (Å²) in [5.41, 5.74) is -0.520. The summed E-state index contributed by atoms with van der Waals surface area (Å²) in [5, 5.41) is 0. The highest BCUT2D eigenvalue weighted by Crippen LogP contribution is 2.33. The van der Waals surface area contributed by atoms with Gasteiger partial charge in [-0.2, -0.15) is 0 Å². The topological polar surface area (TPSA) is 27.7 Å². The van der Waals surface area contributed by atoms with Crippen molar-refractivity contribution in [3.8, 4) is 29.6 Å². The van der Waals surface area contributed by atoms with Gasteiger partial charge in [-0.25, -0.2) is 13.2 Å². The van der Waals surface area contributed by atoms with Gasteiger partial charge in [0, 0.05) is 0 Å². The second kappa shape index (κ2) is 10.7. The molecule has 3 rings (SSSR count). The molecule has 3 aromatic rings. The monoisotopic (exact) mass is 440 g/mol. The van der Waals surface area contributed by atoms with Crippen LogP contribution < -0.4 is 9.47 Å². The predicted octanol–water partition coefficient (Wildman–Crippen LogP) is 6.37. The molecule has 0 spiro atoms. The van der Waals surface area contributed by atoms with Crippen LogP contribution in [0.3, 0.4) is 0 Å². The highest BCUT2D eigenvalue weighted by atomic mass is 19.3. The van der Waals surface area contributed by atoms with Crippen molar-refractivity contribution < 1.29 is 27.4 Å². The number of benzene rings is 3. The van der Waals surface area contributed by atoms with E-state index in [1.807, 2.05) is 6.07 Å². The fourth-order valence-electron chi connectivity index (χ4n) is 3.04. The number of hydrogen-bond acceptors (Lipinski definition) is 3. The van der Waals surface area contributed by atoms with Crippen molar-refractivity contribution in [3.63, 3.8) is 0 Å². The lowest BCUT2D eigenvalue weighted by Crippen LogP contribution is -2.36. The van der Waals surface area contributed by atoms with E-state index in [4.69, 9.17) is 20.6 Å². The molecule has 0 saturated heterocycles. The number of para-hydroxylation sites is 1. The van der Waals surface area contributed by atoms with Gasteiger partial charge < -0.3 is 14.2 Å². The highest BCUT2D eigenvalue weighted by Gasteiger charge is 2.37. The second-order valence-corrected chi connectivity index (χ2v) is 7.41. The molecule has 0 heterocycles. The number of terminal acetylenes is 1. The van der Waals surface area contributed by atoms with Crippen molar-refractivity contribution in [2.24, 2.45) is 0 Å². The van der Waals surface area contributed by atoms with Crippen LogP contribution in [0.15, 0.2) is 72.8 Å². The Morgan fingerprint density at radius 2 is 1.69 bits per heavy atom. The molecule has 0 amide bonds. The third-order valence-corrected chi connectivity index (χ3v) is 4.95. The molecule has 0 N–H and O–H groups in total. The minimum absolute atomic E-state index is 0.0249. The zero-order valence-corrected chi connectivity index (χ0v) is 17.6. The third-order valence-electron chi connectivity index (χ3n) is 4.95. The largest absolute Gasteiger partial charge is 0.481 e. The molecule has 32 heavy (non-hydrogen) atoms. The van der Waals surface area contributed by atoms with Crippen molar-refractivity contribution in [2.75, 3.05) is 13.2 Å². The first kappa shape index (κ1) is 23.2. The maximum atomic E-state index is 14.1. The maximum Gasteiger partial charge on any atom is 0.250 e. The zero-order chi connectivity index (χ0) is 23.0. The minimum Gasteiger partial charge on any atom is -0.481 e. The molecule has 0 aliphatic carbocycles. The average Bonchev–Trinajstić information content (AvgIpc) is 2.80. The number of halogens is 3. The van der Waals surface area contributed by atoms with Crippen LogP contribution in [0, 0.1) is 18.2 Å². The molecular formula is C26H23F3O3. The van der Waals surface area contributed by atoms with Gasteiger partial charge in [-0.3, -0.25) is 0 Å². The smallest absolute Gasteiger partial charge is 0.250 e. The van der Waals surface area contributed by atoms with Crippen molar-refractivity contribution in [3.05, 3.63) is 89.7 Å². The van der Waals surface area contributed by atoms with Crippen molar-refractivity contribution in [1.29, 1.82) is 0 Å². The fourth-order valence-corrected chi connectivity index (χ4v) is 3.04. The van der Waals surface area contributed by atoms with Crippen LogP contribution in [0.2, 0.25) is 0 Å². The standard InChI is InChI=1S/C26H23F3O3/c1-3-15-31-21-12-10-20(11-13-21)26(2,25(28)29)18-30-17-19-9-14-23(27)24(16-19)32-22-7-5-4-6-8-22/h1,4-14,16,25H,15,17-18H2,2H3. The van der Waals surface area contributed by atoms with Gasteiger partial charge in [0.05, 0.1) is 18.6 Å². The van der Waals surface area contributed by atoms with Crippen LogP contribution in [0.25, 0.3) is 0 Å². The number of alkyl halides is 2. The summed E-state index contributed by atoms with van der Waals surface area (Å²) in [7, 11) is 0. The lowest BCUT2D eigenvalue weighted by atomic mass is 9.83. The molecule has 0 bridgehead atoms. The van der Waals surface area contributed by atoms with Crippen LogP contribution in [-0.2, 0) is 16.8 Å². The van der Waals surface area contributed by atoms with Crippen LogP contribution in [0.1, 0.15) is 18.1 Å². The first-order valence-corrected chi connectivity index (χ1v) is 9.96. The Morgan fingerprint density at radius 3 is 2.34 bits per heavy atom. The zero-order valence-electron chi connectivity index (χ0n) is 17.6. The second-order valence-electron chi connectivity index (χ2n) is 7.41. The molecule has 3 nitrogen and oxygen atoms in total. The number of hydrogen-bond donors (Lipinski definition) is 0. The molecule has 1 atom stereocenters. The van der Waals surface area contributed by atoms with Crippen LogP contribution in [0.4, 0.5) is 13.2 Å². The van der Waals surface area contributed by atoms with Crippen LogP contribution in [-0.4, -0.2) is 19.6 Å². The Bertz CT molecular complexity index is 1050. The van der Waals surface area contributed by atoms with Gasteiger partial charge in [-0.1, -0.05) is 42.3 Å². The molecule has 0 aliphatic rings. The SMILES string of the molecule is C#CCOc1ccc(C(C)(COCc2ccc(F)c(Oc3ccccc3)c2)C(F)F)cc1. The molecular weight excluding hydrogens is 417 g/mol.